The van der Waals surface area contributed by atoms with Gasteiger partial charge in [0.05, 0.1) is 5.75 Å². The van der Waals surface area contributed by atoms with Crippen molar-refractivity contribution in [1.82, 2.24) is 5.32 Å². The van der Waals surface area contributed by atoms with Gasteiger partial charge in [-0.1, -0.05) is 44.2 Å². The summed E-state index contributed by atoms with van der Waals surface area (Å²) < 4.78 is 0. The van der Waals surface area contributed by atoms with E-state index in [0.717, 1.165) is 12.2 Å². The van der Waals surface area contributed by atoms with E-state index >= 15 is 0 Å². The van der Waals surface area contributed by atoms with Gasteiger partial charge in [0.1, 0.15) is 0 Å². The van der Waals surface area contributed by atoms with Gasteiger partial charge in [-0.3, -0.25) is 4.79 Å². The van der Waals surface area contributed by atoms with E-state index in [1.807, 2.05) is 6.07 Å². The van der Waals surface area contributed by atoms with E-state index in [2.05, 4.69) is 19.2 Å². The maximum Gasteiger partial charge on any atom is 0.330 e. The average molecular weight is 295 g/mol. The Morgan fingerprint density at radius 2 is 1.90 bits per heavy atom. The van der Waals surface area contributed by atoms with Gasteiger partial charge in [0.2, 0.25) is 5.91 Å². The van der Waals surface area contributed by atoms with Crippen molar-refractivity contribution in [3.8, 4) is 0 Å². The number of carbonyl (C=O) groups is 2. The van der Waals surface area contributed by atoms with Crippen molar-refractivity contribution in [3.05, 3.63) is 35.9 Å². The molecule has 0 unspecified atom stereocenters. The molecule has 110 valence electrons. The van der Waals surface area contributed by atoms with Gasteiger partial charge in [0, 0.05) is 0 Å². The first-order valence-electron chi connectivity index (χ1n) is 6.65. The number of carboxylic acid groups (broad SMARTS) is 1. The predicted molar refractivity (Wildman–Crippen MR) is 81.7 cm³/mol. The number of rotatable bonds is 8. The molecule has 1 aromatic rings. The van der Waals surface area contributed by atoms with Crippen molar-refractivity contribution in [2.75, 3.05) is 11.5 Å². The van der Waals surface area contributed by atoms with Crippen LogP contribution in [0.5, 0.6) is 0 Å². The van der Waals surface area contributed by atoms with Crippen LogP contribution in [-0.4, -0.2) is 28.5 Å². The summed E-state index contributed by atoms with van der Waals surface area (Å²) in [6.45, 7) is 4.27. The van der Waals surface area contributed by atoms with E-state index < -0.39 is 12.0 Å². The van der Waals surface area contributed by atoms with Crippen LogP contribution in [0.1, 0.15) is 31.9 Å². The Hall–Kier alpha value is -1.49. The summed E-state index contributed by atoms with van der Waals surface area (Å²) in [5.74, 6) is 0.533. The lowest BCUT2D eigenvalue weighted by Crippen LogP contribution is -2.34. The lowest BCUT2D eigenvalue weighted by Gasteiger charge is -2.14. The lowest BCUT2D eigenvalue weighted by atomic mass is 10.1. The van der Waals surface area contributed by atoms with Gasteiger partial charge in [-0.15, -0.1) is 0 Å². The van der Waals surface area contributed by atoms with Crippen LogP contribution in [-0.2, 0) is 9.59 Å². The zero-order chi connectivity index (χ0) is 15.0. The summed E-state index contributed by atoms with van der Waals surface area (Å²) >= 11 is 1.53. The largest absolute Gasteiger partial charge is 0.479 e. The quantitative estimate of drug-likeness (QED) is 0.724. The van der Waals surface area contributed by atoms with E-state index in [-0.39, 0.29) is 5.91 Å². The molecule has 1 rings (SSSR count). The zero-order valence-corrected chi connectivity index (χ0v) is 12.7. The Morgan fingerprint density at radius 1 is 1.25 bits per heavy atom. The standard InChI is InChI=1S/C15H21NO3S/c1-11(2)8-9-20-10-13(17)16-14(15(18)19)12-6-4-3-5-7-12/h3-7,11,14H,8-10H2,1-2H3,(H,16,17)(H,18,19)/t14-/m0/s1. The van der Waals surface area contributed by atoms with Crippen molar-refractivity contribution in [2.24, 2.45) is 5.92 Å². The minimum absolute atomic E-state index is 0.241. The highest BCUT2D eigenvalue weighted by Crippen LogP contribution is 2.14. The first kappa shape index (κ1) is 16.6. The second kappa shape index (κ2) is 8.64. The molecule has 0 radical (unpaired) electrons. The number of thioether (sulfide) groups is 1. The molecule has 0 aliphatic carbocycles. The van der Waals surface area contributed by atoms with E-state index in [1.165, 1.54) is 11.8 Å². The van der Waals surface area contributed by atoms with E-state index in [1.54, 1.807) is 24.3 Å². The third-order valence-corrected chi connectivity index (χ3v) is 3.75. The van der Waals surface area contributed by atoms with Crippen molar-refractivity contribution < 1.29 is 14.7 Å². The molecule has 20 heavy (non-hydrogen) atoms. The van der Waals surface area contributed by atoms with E-state index in [4.69, 9.17) is 0 Å². The van der Waals surface area contributed by atoms with Gasteiger partial charge >= 0.3 is 5.97 Å². The third-order valence-electron chi connectivity index (χ3n) is 2.76. The molecule has 5 heteroatoms. The highest BCUT2D eigenvalue weighted by molar-refractivity contribution is 7.99. The van der Waals surface area contributed by atoms with Crippen LogP contribution in [0.2, 0.25) is 0 Å². The maximum atomic E-state index is 11.8. The van der Waals surface area contributed by atoms with Gasteiger partial charge in [0.25, 0.3) is 0 Å². The number of benzene rings is 1. The van der Waals surface area contributed by atoms with Gasteiger partial charge < -0.3 is 10.4 Å². The van der Waals surface area contributed by atoms with E-state index in [9.17, 15) is 14.7 Å². The summed E-state index contributed by atoms with van der Waals surface area (Å²) in [6, 6.07) is 7.75. The van der Waals surface area contributed by atoms with E-state index in [0.29, 0.717) is 17.2 Å². The Kier molecular flexibility index (Phi) is 7.15. The molecular weight excluding hydrogens is 274 g/mol. The Balaban J connectivity index is 2.46. The van der Waals surface area contributed by atoms with Gasteiger partial charge in [-0.05, 0) is 23.7 Å². The van der Waals surface area contributed by atoms with Crippen molar-refractivity contribution >= 4 is 23.6 Å². The molecule has 0 saturated heterocycles. The van der Waals surface area contributed by atoms with Crippen LogP contribution in [0.25, 0.3) is 0 Å². The second-order valence-electron chi connectivity index (χ2n) is 4.98. The molecule has 1 atom stereocenters. The number of hydrogen-bond acceptors (Lipinski definition) is 3. The Morgan fingerprint density at radius 3 is 2.45 bits per heavy atom. The minimum atomic E-state index is -1.04. The molecule has 2 N–H and O–H groups in total. The Labute approximate surface area is 124 Å². The summed E-state index contributed by atoms with van der Waals surface area (Å²) in [5.41, 5.74) is 0.584. The first-order chi connectivity index (χ1) is 9.50. The zero-order valence-electron chi connectivity index (χ0n) is 11.8. The van der Waals surface area contributed by atoms with Crippen LogP contribution in [0.15, 0.2) is 30.3 Å². The second-order valence-corrected chi connectivity index (χ2v) is 6.09. The SMILES string of the molecule is CC(C)CCSCC(=O)N[C@H](C(=O)O)c1ccccc1. The Bertz CT molecular complexity index is 434. The average Bonchev–Trinajstić information content (AvgIpc) is 2.41. The molecule has 0 saturated carbocycles. The smallest absolute Gasteiger partial charge is 0.330 e. The van der Waals surface area contributed by atoms with Crippen molar-refractivity contribution in [2.45, 2.75) is 26.3 Å². The van der Waals surface area contributed by atoms with Crippen molar-refractivity contribution in [3.63, 3.8) is 0 Å². The van der Waals surface area contributed by atoms with Gasteiger partial charge in [0.15, 0.2) is 6.04 Å². The fourth-order valence-electron chi connectivity index (χ4n) is 1.62. The molecule has 0 fully saturated rings. The maximum absolute atomic E-state index is 11.8. The van der Waals surface area contributed by atoms with Gasteiger partial charge in [-0.2, -0.15) is 11.8 Å². The molecule has 0 bridgehead atoms. The fourth-order valence-corrected chi connectivity index (χ4v) is 2.67. The summed E-state index contributed by atoms with van der Waals surface area (Å²) in [4.78, 5) is 23.0. The topological polar surface area (TPSA) is 66.4 Å². The number of aliphatic carboxylic acids is 1. The molecule has 0 aliphatic heterocycles. The number of nitrogens with one attached hydrogen (secondary N) is 1. The van der Waals surface area contributed by atoms with Crippen LogP contribution >= 0.6 is 11.8 Å². The van der Waals surface area contributed by atoms with Crippen LogP contribution < -0.4 is 5.32 Å². The van der Waals surface area contributed by atoms with Gasteiger partial charge in [-0.25, -0.2) is 4.79 Å². The van der Waals surface area contributed by atoms with Crippen LogP contribution in [0.3, 0.4) is 0 Å². The monoisotopic (exact) mass is 295 g/mol. The van der Waals surface area contributed by atoms with Crippen LogP contribution in [0, 0.1) is 5.92 Å². The molecule has 0 spiro atoms. The lowest BCUT2D eigenvalue weighted by molar-refractivity contribution is -0.141. The predicted octanol–water partition coefficient (Wildman–Crippen LogP) is 2.71. The highest BCUT2D eigenvalue weighted by atomic mass is 32.2. The molecule has 0 aromatic heterocycles. The third kappa shape index (κ3) is 6.10. The fraction of sp³-hybridized carbons (Fsp3) is 0.467. The summed E-state index contributed by atoms with van der Waals surface area (Å²) in [7, 11) is 0. The number of carbonyl (C=O) groups excluding carboxylic acids is 1. The van der Waals surface area contributed by atoms with Crippen molar-refractivity contribution in [1.29, 1.82) is 0 Å². The normalized spacial score (nSPS) is 12.2. The molecule has 4 nitrogen and oxygen atoms in total. The molecular formula is C15H21NO3S. The number of carboxylic acids is 1. The summed E-state index contributed by atoms with van der Waals surface area (Å²) in [5, 5.41) is 11.8. The minimum Gasteiger partial charge on any atom is -0.479 e. The molecule has 0 aliphatic rings. The molecule has 0 heterocycles. The molecule has 1 aromatic carbocycles. The number of hydrogen-bond donors (Lipinski definition) is 2. The highest BCUT2D eigenvalue weighted by Gasteiger charge is 2.21. The first-order valence-corrected chi connectivity index (χ1v) is 7.81. The van der Waals surface area contributed by atoms with Crippen LogP contribution in [0.4, 0.5) is 0 Å². The molecule has 1 amide bonds. The number of amides is 1. The summed E-state index contributed by atoms with van der Waals surface area (Å²) in [6.07, 6.45) is 1.05.